The van der Waals surface area contributed by atoms with Crippen LogP contribution in [0.1, 0.15) is 0 Å². The number of nitrogens with zero attached hydrogens (tertiary/aromatic N) is 2. The first-order valence-electron chi connectivity index (χ1n) is 10.0. The normalized spacial score (nSPS) is 10.9. The summed E-state index contributed by atoms with van der Waals surface area (Å²) in [5.41, 5.74) is 9.68. The summed E-state index contributed by atoms with van der Waals surface area (Å²) in [7, 11) is 0. The van der Waals surface area contributed by atoms with Gasteiger partial charge in [0.05, 0.1) is 24.6 Å². The molecule has 6 nitrogen and oxygen atoms in total. The summed E-state index contributed by atoms with van der Waals surface area (Å²) >= 11 is 0. The quantitative estimate of drug-likeness (QED) is 0.396. The van der Waals surface area contributed by atoms with Crippen molar-refractivity contribution >= 4 is 0 Å². The van der Waals surface area contributed by atoms with Gasteiger partial charge in [-0.3, -0.25) is 4.98 Å². The van der Waals surface area contributed by atoms with Crippen molar-refractivity contribution in [3.8, 4) is 39.7 Å². The van der Waals surface area contributed by atoms with E-state index in [0.29, 0.717) is 32.2 Å². The van der Waals surface area contributed by atoms with Gasteiger partial charge in [-0.25, -0.2) is 9.37 Å². The molecular weight excluding hydrogens is 395 g/mol. The molecule has 0 aliphatic rings. The van der Waals surface area contributed by atoms with E-state index >= 15 is 0 Å². The molecular formula is C24H23FN4O2. The second-order valence-electron chi connectivity index (χ2n) is 6.83. The third-order valence-electron chi connectivity index (χ3n) is 4.68. The molecule has 0 radical (unpaired) electrons. The van der Waals surface area contributed by atoms with E-state index in [9.17, 15) is 4.39 Å². The van der Waals surface area contributed by atoms with Gasteiger partial charge in [0.1, 0.15) is 24.0 Å². The lowest BCUT2D eigenvalue weighted by molar-refractivity contribution is 0.106. The number of hydrogen-bond acceptors (Lipinski definition) is 5. The van der Waals surface area contributed by atoms with Crippen LogP contribution in [0.2, 0.25) is 0 Å². The summed E-state index contributed by atoms with van der Waals surface area (Å²) in [6.07, 6.45) is 3.46. The smallest absolute Gasteiger partial charge is 0.138 e. The Bertz CT molecular complexity index is 1100. The maximum atomic E-state index is 13.4. The van der Waals surface area contributed by atoms with E-state index in [1.54, 1.807) is 24.5 Å². The maximum absolute atomic E-state index is 13.4. The molecule has 0 amide bonds. The molecule has 0 bridgehead atoms. The third kappa shape index (κ3) is 5.14. The molecule has 7 heteroatoms. The molecule has 2 aromatic heterocycles. The fourth-order valence-corrected chi connectivity index (χ4v) is 3.17. The van der Waals surface area contributed by atoms with Gasteiger partial charge in [0.25, 0.3) is 0 Å². The lowest BCUT2D eigenvalue weighted by atomic mass is 10.1. The van der Waals surface area contributed by atoms with Crippen LogP contribution in [0, 0.1) is 5.82 Å². The zero-order chi connectivity index (χ0) is 21.5. The zero-order valence-corrected chi connectivity index (χ0v) is 16.9. The summed E-state index contributed by atoms with van der Waals surface area (Å²) in [6.45, 7) is 1.98. The number of H-pyrrole nitrogens is 1. The van der Waals surface area contributed by atoms with Crippen LogP contribution in [0.3, 0.4) is 0 Å². The SMILES string of the molecule is NCCOCCOc1ccc(-c2nc(-c3ccc(F)cc3)c(-c3ccncc3)[nH]2)cc1. The Balaban J connectivity index is 1.59. The van der Waals surface area contributed by atoms with Crippen LogP contribution in [-0.2, 0) is 4.74 Å². The van der Waals surface area contributed by atoms with Crippen LogP contribution >= 0.6 is 0 Å². The minimum absolute atomic E-state index is 0.283. The molecule has 0 aliphatic carbocycles. The predicted octanol–water partition coefficient (Wildman–Crippen LogP) is 4.30. The first-order chi connectivity index (χ1) is 15.2. The Morgan fingerprint density at radius 2 is 1.52 bits per heavy atom. The van der Waals surface area contributed by atoms with Crippen LogP contribution < -0.4 is 10.5 Å². The van der Waals surface area contributed by atoms with Crippen molar-refractivity contribution in [1.82, 2.24) is 15.0 Å². The van der Waals surface area contributed by atoms with Crippen molar-refractivity contribution in [1.29, 1.82) is 0 Å². The number of aromatic nitrogens is 3. The second kappa shape index (κ2) is 9.97. The van der Waals surface area contributed by atoms with Gasteiger partial charge in [0, 0.05) is 35.6 Å². The molecule has 3 N–H and O–H groups in total. The second-order valence-corrected chi connectivity index (χ2v) is 6.83. The van der Waals surface area contributed by atoms with E-state index < -0.39 is 0 Å². The summed E-state index contributed by atoms with van der Waals surface area (Å²) in [6, 6.07) is 17.8. The minimum Gasteiger partial charge on any atom is -0.491 e. The molecule has 0 saturated carbocycles. The van der Waals surface area contributed by atoms with Crippen molar-refractivity contribution in [3.63, 3.8) is 0 Å². The van der Waals surface area contributed by atoms with Crippen molar-refractivity contribution < 1.29 is 13.9 Å². The first kappa shape index (κ1) is 20.7. The number of hydrogen-bond donors (Lipinski definition) is 2. The molecule has 4 rings (SSSR count). The van der Waals surface area contributed by atoms with E-state index in [2.05, 4.69) is 9.97 Å². The summed E-state index contributed by atoms with van der Waals surface area (Å²) < 4.78 is 24.4. The number of ether oxygens (including phenoxy) is 2. The lowest BCUT2D eigenvalue weighted by Gasteiger charge is -2.07. The summed E-state index contributed by atoms with van der Waals surface area (Å²) in [5, 5.41) is 0. The number of nitrogens with one attached hydrogen (secondary N) is 1. The minimum atomic E-state index is -0.283. The molecule has 0 unspecified atom stereocenters. The van der Waals surface area contributed by atoms with Crippen molar-refractivity contribution in [2.45, 2.75) is 0 Å². The Hall–Kier alpha value is -3.55. The average Bonchev–Trinajstić information content (AvgIpc) is 3.26. The van der Waals surface area contributed by atoms with Gasteiger partial charge in [-0.2, -0.15) is 0 Å². The molecule has 2 aromatic carbocycles. The molecule has 0 atom stereocenters. The van der Waals surface area contributed by atoms with Gasteiger partial charge in [0.15, 0.2) is 0 Å². The van der Waals surface area contributed by atoms with Crippen molar-refractivity contribution in [2.75, 3.05) is 26.4 Å². The molecule has 158 valence electrons. The largest absolute Gasteiger partial charge is 0.491 e. The molecule has 0 aliphatic heterocycles. The summed E-state index contributed by atoms with van der Waals surface area (Å²) in [5.74, 6) is 1.18. The van der Waals surface area contributed by atoms with Gasteiger partial charge >= 0.3 is 0 Å². The van der Waals surface area contributed by atoms with Gasteiger partial charge < -0.3 is 20.2 Å². The highest BCUT2D eigenvalue weighted by molar-refractivity contribution is 5.81. The predicted molar refractivity (Wildman–Crippen MR) is 118 cm³/mol. The van der Waals surface area contributed by atoms with Crippen molar-refractivity contribution in [2.24, 2.45) is 5.73 Å². The Morgan fingerprint density at radius 1 is 0.806 bits per heavy atom. The van der Waals surface area contributed by atoms with E-state index in [0.717, 1.165) is 33.8 Å². The Labute approximate surface area is 179 Å². The number of benzene rings is 2. The average molecular weight is 418 g/mol. The molecule has 2 heterocycles. The van der Waals surface area contributed by atoms with E-state index in [1.165, 1.54) is 12.1 Å². The van der Waals surface area contributed by atoms with E-state index in [4.69, 9.17) is 20.2 Å². The Morgan fingerprint density at radius 3 is 2.23 bits per heavy atom. The number of rotatable bonds is 9. The highest BCUT2D eigenvalue weighted by Gasteiger charge is 2.15. The van der Waals surface area contributed by atoms with Gasteiger partial charge in [0.2, 0.25) is 0 Å². The standard InChI is InChI=1S/C24H23FN4O2/c25-20-5-1-17(2-6-20)22-23(18-9-12-27-13-10-18)29-24(28-22)19-3-7-21(8-4-19)31-16-15-30-14-11-26/h1-10,12-13H,11,14-16,26H2,(H,28,29). The molecule has 0 spiro atoms. The number of pyridine rings is 1. The zero-order valence-electron chi connectivity index (χ0n) is 16.9. The van der Waals surface area contributed by atoms with Gasteiger partial charge in [-0.1, -0.05) is 0 Å². The number of halogens is 1. The topological polar surface area (TPSA) is 86.1 Å². The van der Waals surface area contributed by atoms with Gasteiger partial charge in [-0.05, 0) is 60.7 Å². The van der Waals surface area contributed by atoms with Crippen LogP contribution in [0.4, 0.5) is 4.39 Å². The number of imidazole rings is 1. The van der Waals surface area contributed by atoms with E-state index in [1.807, 2.05) is 36.4 Å². The fourth-order valence-electron chi connectivity index (χ4n) is 3.17. The van der Waals surface area contributed by atoms with Crippen LogP contribution in [0.25, 0.3) is 33.9 Å². The van der Waals surface area contributed by atoms with E-state index in [-0.39, 0.29) is 5.82 Å². The van der Waals surface area contributed by atoms with Crippen LogP contribution in [0.5, 0.6) is 5.75 Å². The monoisotopic (exact) mass is 418 g/mol. The third-order valence-corrected chi connectivity index (χ3v) is 4.68. The van der Waals surface area contributed by atoms with Gasteiger partial charge in [-0.15, -0.1) is 0 Å². The van der Waals surface area contributed by atoms with Crippen LogP contribution in [0.15, 0.2) is 73.1 Å². The molecule has 31 heavy (non-hydrogen) atoms. The van der Waals surface area contributed by atoms with Crippen molar-refractivity contribution in [3.05, 3.63) is 78.9 Å². The molecule has 0 fully saturated rings. The summed E-state index contributed by atoms with van der Waals surface area (Å²) in [4.78, 5) is 12.3. The number of nitrogens with two attached hydrogens (primary N) is 1. The maximum Gasteiger partial charge on any atom is 0.138 e. The highest BCUT2D eigenvalue weighted by atomic mass is 19.1. The lowest BCUT2D eigenvalue weighted by Crippen LogP contribution is -2.13. The van der Waals surface area contributed by atoms with Crippen LogP contribution in [-0.4, -0.2) is 41.3 Å². The fraction of sp³-hybridized carbons (Fsp3) is 0.167. The number of aromatic amines is 1. The highest BCUT2D eigenvalue weighted by Crippen LogP contribution is 2.33. The Kier molecular flexibility index (Phi) is 6.66. The first-order valence-corrected chi connectivity index (χ1v) is 10.0. The molecule has 0 saturated heterocycles. The molecule has 4 aromatic rings.